The van der Waals surface area contributed by atoms with Gasteiger partial charge < -0.3 is 5.73 Å². The fourth-order valence-electron chi connectivity index (χ4n) is 2.06. The van der Waals surface area contributed by atoms with Gasteiger partial charge in [-0.05, 0) is 25.0 Å². The predicted molar refractivity (Wildman–Crippen MR) is 63.4 cm³/mol. The summed E-state index contributed by atoms with van der Waals surface area (Å²) in [5.41, 5.74) is 5.13. The van der Waals surface area contributed by atoms with Gasteiger partial charge in [-0.3, -0.25) is 0 Å². The summed E-state index contributed by atoms with van der Waals surface area (Å²) in [6.07, 6.45) is 2.34. The van der Waals surface area contributed by atoms with E-state index in [1.54, 1.807) is 0 Å². The highest BCUT2D eigenvalue weighted by atomic mass is 32.2. The van der Waals surface area contributed by atoms with Gasteiger partial charge in [0, 0.05) is 18.8 Å². The summed E-state index contributed by atoms with van der Waals surface area (Å²) in [4.78, 5) is -0.904. The molecule has 0 amide bonds. The van der Waals surface area contributed by atoms with Gasteiger partial charge in [0.05, 0.1) is 0 Å². The topological polar surface area (TPSA) is 63.4 Å². The molecule has 100 valence electrons. The van der Waals surface area contributed by atoms with Crippen molar-refractivity contribution in [2.45, 2.75) is 24.2 Å². The molecule has 0 saturated carbocycles. The molecule has 1 aromatic rings. The van der Waals surface area contributed by atoms with E-state index in [4.69, 9.17) is 5.73 Å². The van der Waals surface area contributed by atoms with Crippen molar-refractivity contribution in [3.8, 4) is 0 Å². The number of sulfonamides is 1. The lowest BCUT2D eigenvalue weighted by Gasteiger charge is -2.26. The molecule has 1 fully saturated rings. The Balaban J connectivity index is 2.47. The van der Waals surface area contributed by atoms with Crippen molar-refractivity contribution < 1.29 is 17.2 Å². The molecule has 0 aromatic heterocycles. The molecule has 0 bridgehead atoms. The van der Waals surface area contributed by atoms with Crippen LogP contribution in [0.1, 0.15) is 19.3 Å². The molecule has 7 heteroatoms. The first-order valence-electron chi connectivity index (χ1n) is 5.67. The van der Waals surface area contributed by atoms with Crippen molar-refractivity contribution in [3.63, 3.8) is 0 Å². The Morgan fingerprint density at radius 1 is 1.06 bits per heavy atom. The van der Waals surface area contributed by atoms with Crippen molar-refractivity contribution >= 4 is 15.7 Å². The van der Waals surface area contributed by atoms with E-state index in [1.807, 2.05) is 0 Å². The molecule has 0 atom stereocenters. The van der Waals surface area contributed by atoms with Crippen LogP contribution >= 0.6 is 0 Å². The van der Waals surface area contributed by atoms with Crippen LogP contribution in [-0.4, -0.2) is 25.8 Å². The molecule has 1 aliphatic heterocycles. The molecule has 1 aliphatic rings. The van der Waals surface area contributed by atoms with Crippen LogP contribution in [0.25, 0.3) is 0 Å². The fourth-order valence-corrected chi connectivity index (χ4v) is 3.67. The number of nitrogens with two attached hydrogens (primary N) is 1. The van der Waals surface area contributed by atoms with Gasteiger partial charge in [-0.25, -0.2) is 17.2 Å². The minimum Gasteiger partial charge on any atom is -0.399 e. The van der Waals surface area contributed by atoms with Crippen molar-refractivity contribution in [1.29, 1.82) is 0 Å². The number of nitrogens with zero attached hydrogens (tertiary/aromatic N) is 1. The van der Waals surface area contributed by atoms with Crippen LogP contribution in [0.15, 0.2) is 17.0 Å². The monoisotopic (exact) mass is 276 g/mol. The van der Waals surface area contributed by atoms with Gasteiger partial charge in [0.25, 0.3) is 0 Å². The molecule has 0 aliphatic carbocycles. The summed E-state index contributed by atoms with van der Waals surface area (Å²) in [6.45, 7) is 0.594. The highest BCUT2D eigenvalue weighted by Gasteiger charge is 2.31. The highest BCUT2D eigenvalue weighted by molar-refractivity contribution is 7.89. The Labute approximate surface area is 104 Å². The van der Waals surface area contributed by atoms with Gasteiger partial charge in [0.1, 0.15) is 11.6 Å². The van der Waals surface area contributed by atoms with E-state index in [1.165, 1.54) is 0 Å². The first kappa shape index (κ1) is 13.2. The quantitative estimate of drug-likeness (QED) is 0.837. The normalized spacial score (nSPS) is 17.9. The Morgan fingerprint density at radius 2 is 1.56 bits per heavy atom. The molecule has 18 heavy (non-hydrogen) atoms. The van der Waals surface area contributed by atoms with Gasteiger partial charge in [0.2, 0.25) is 10.0 Å². The van der Waals surface area contributed by atoms with Crippen LogP contribution in [0.4, 0.5) is 14.5 Å². The van der Waals surface area contributed by atoms with Crippen LogP contribution in [0, 0.1) is 11.6 Å². The second-order valence-corrected chi connectivity index (χ2v) is 6.15. The lowest BCUT2D eigenvalue weighted by molar-refractivity contribution is 0.342. The molecule has 1 aromatic carbocycles. The number of rotatable bonds is 2. The molecular formula is C11H14F2N2O2S. The maximum Gasteiger partial charge on any atom is 0.248 e. The second kappa shape index (κ2) is 4.81. The number of piperidine rings is 1. The first-order chi connectivity index (χ1) is 8.43. The minimum absolute atomic E-state index is 0.136. The van der Waals surface area contributed by atoms with Crippen LogP contribution in [0.2, 0.25) is 0 Å². The third-order valence-electron chi connectivity index (χ3n) is 2.93. The molecule has 0 spiro atoms. The number of benzene rings is 1. The zero-order valence-corrected chi connectivity index (χ0v) is 10.5. The molecule has 2 N–H and O–H groups in total. The number of hydrogen-bond donors (Lipinski definition) is 1. The molecule has 0 radical (unpaired) electrons. The van der Waals surface area contributed by atoms with Crippen LogP contribution in [-0.2, 0) is 10.0 Å². The third-order valence-corrected chi connectivity index (χ3v) is 4.88. The fraction of sp³-hybridized carbons (Fsp3) is 0.455. The Bertz CT molecular complexity index is 531. The van der Waals surface area contributed by atoms with Crippen molar-refractivity contribution in [2.75, 3.05) is 18.8 Å². The molecular weight excluding hydrogens is 262 g/mol. The summed E-state index contributed by atoms with van der Waals surface area (Å²) >= 11 is 0. The standard InChI is InChI=1S/C11H14F2N2O2S/c12-9-6-8(14)7-10(13)11(9)18(16,17)15-4-2-1-3-5-15/h6-7H,1-5,14H2. The maximum absolute atomic E-state index is 13.6. The van der Waals surface area contributed by atoms with Gasteiger partial charge in [0.15, 0.2) is 4.90 Å². The summed E-state index contributed by atoms with van der Waals surface area (Å²) < 4.78 is 52.7. The Kier molecular flexibility index (Phi) is 3.54. The number of hydrogen-bond acceptors (Lipinski definition) is 3. The van der Waals surface area contributed by atoms with E-state index in [0.29, 0.717) is 25.9 Å². The summed E-state index contributed by atoms with van der Waals surface area (Å²) in [6, 6.07) is 1.64. The summed E-state index contributed by atoms with van der Waals surface area (Å²) in [5, 5.41) is 0. The van der Waals surface area contributed by atoms with Crippen molar-refractivity contribution in [1.82, 2.24) is 4.31 Å². The summed E-state index contributed by atoms with van der Waals surface area (Å²) in [7, 11) is -4.11. The van der Waals surface area contributed by atoms with E-state index in [2.05, 4.69) is 0 Å². The van der Waals surface area contributed by atoms with E-state index < -0.39 is 26.6 Å². The summed E-state index contributed by atoms with van der Waals surface area (Å²) in [5.74, 6) is -2.28. The Hall–Kier alpha value is -1.21. The lowest BCUT2D eigenvalue weighted by Crippen LogP contribution is -2.36. The highest BCUT2D eigenvalue weighted by Crippen LogP contribution is 2.26. The second-order valence-electron chi connectivity index (χ2n) is 4.28. The van der Waals surface area contributed by atoms with Gasteiger partial charge in [-0.1, -0.05) is 6.42 Å². The Morgan fingerprint density at radius 3 is 2.06 bits per heavy atom. The molecule has 0 unspecified atom stereocenters. The zero-order valence-electron chi connectivity index (χ0n) is 9.70. The molecule has 1 saturated heterocycles. The van der Waals surface area contributed by atoms with E-state index in [-0.39, 0.29) is 5.69 Å². The molecule has 1 heterocycles. The van der Waals surface area contributed by atoms with Gasteiger partial charge >= 0.3 is 0 Å². The van der Waals surface area contributed by atoms with Crippen molar-refractivity contribution in [2.24, 2.45) is 0 Å². The van der Waals surface area contributed by atoms with Crippen LogP contribution < -0.4 is 5.73 Å². The number of nitrogen functional groups attached to an aromatic ring is 1. The minimum atomic E-state index is -4.11. The van der Waals surface area contributed by atoms with Crippen LogP contribution in [0.5, 0.6) is 0 Å². The average molecular weight is 276 g/mol. The van der Waals surface area contributed by atoms with E-state index in [0.717, 1.165) is 22.9 Å². The molecule has 4 nitrogen and oxygen atoms in total. The smallest absolute Gasteiger partial charge is 0.248 e. The van der Waals surface area contributed by atoms with E-state index in [9.17, 15) is 17.2 Å². The van der Waals surface area contributed by atoms with E-state index >= 15 is 0 Å². The SMILES string of the molecule is Nc1cc(F)c(S(=O)(=O)N2CCCCC2)c(F)c1. The predicted octanol–water partition coefficient (Wildman–Crippen LogP) is 1.72. The maximum atomic E-state index is 13.6. The first-order valence-corrected chi connectivity index (χ1v) is 7.11. The van der Waals surface area contributed by atoms with Crippen molar-refractivity contribution in [3.05, 3.63) is 23.8 Å². The van der Waals surface area contributed by atoms with Gasteiger partial charge in [-0.15, -0.1) is 0 Å². The average Bonchev–Trinajstić information content (AvgIpc) is 2.28. The zero-order chi connectivity index (χ0) is 13.3. The van der Waals surface area contributed by atoms with Crippen LogP contribution in [0.3, 0.4) is 0 Å². The molecule has 2 rings (SSSR count). The third kappa shape index (κ3) is 2.32. The number of halogens is 2. The lowest BCUT2D eigenvalue weighted by atomic mass is 10.2. The largest absolute Gasteiger partial charge is 0.399 e. The number of anilines is 1. The van der Waals surface area contributed by atoms with Gasteiger partial charge in [-0.2, -0.15) is 4.31 Å².